The molecule has 0 atom stereocenters. The average Bonchev–Trinajstić information content (AvgIpc) is 2.93. The molecule has 108 valence electrons. The second-order valence-corrected chi connectivity index (χ2v) is 3.25. The Hall–Kier alpha value is -3.72. The van der Waals surface area contributed by atoms with E-state index >= 15 is 0 Å². The molecular formula is C4H10N14O2. The van der Waals surface area contributed by atoms with Gasteiger partial charge in [-0.25, -0.2) is 5.43 Å². The molecule has 0 radical (unpaired) electrons. The van der Waals surface area contributed by atoms with E-state index in [4.69, 9.17) is 28.4 Å². The van der Waals surface area contributed by atoms with Crippen LogP contribution in [0.2, 0.25) is 0 Å². The predicted octanol–water partition coefficient (Wildman–Crippen LogP) is -3.44. The summed E-state index contributed by atoms with van der Waals surface area (Å²) in [6.45, 7) is 0. The summed E-state index contributed by atoms with van der Waals surface area (Å²) in [6, 6.07) is 0. The number of hydrogen-bond acceptors (Lipinski definition) is 11. The van der Waals surface area contributed by atoms with Gasteiger partial charge < -0.3 is 33.6 Å². The van der Waals surface area contributed by atoms with Gasteiger partial charge in [0.25, 0.3) is 5.95 Å². The summed E-state index contributed by atoms with van der Waals surface area (Å²) >= 11 is 0. The quantitative estimate of drug-likeness (QED) is 0.139. The van der Waals surface area contributed by atoms with E-state index in [-0.39, 0.29) is 28.8 Å². The molecule has 0 saturated heterocycles. The van der Waals surface area contributed by atoms with Crippen molar-refractivity contribution in [3.05, 3.63) is 5.21 Å². The van der Waals surface area contributed by atoms with Crippen molar-refractivity contribution in [1.29, 1.82) is 0 Å². The van der Waals surface area contributed by atoms with Gasteiger partial charge in [0.1, 0.15) is 4.97 Å². The van der Waals surface area contributed by atoms with Crippen LogP contribution in [0, 0.1) is 5.21 Å². The van der Waals surface area contributed by atoms with Gasteiger partial charge in [0.2, 0.25) is 17.2 Å². The maximum absolute atomic E-state index is 11.5. The van der Waals surface area contributed by atoms with E-state index in [0.717, 1.165) is 9.35 Å². The lowest BCUT2D eigenvalue weighted by molar-refractivity contribution is -0.565. The standard InChI is InChI=1S/C4H10N14O2/c5-1-9-11-3(15(1)7)13-17(18(20)14-19)4-12-10-2(6)16(4)8/h19H,7-8H2,(H2,5,9)(H2,6,10)(H,11,13)/b18-14+. The third-order valence-corrected chi connectivity index (χ3v) is 2.07. The minimum absolute atomic E-state index is 0.139. The van der Waals surface area contributed by atoms with Crippen molar-refractivity contribution in [3.8, 4) is 0 Å². The van der Waals surface area contributed by atoms with Crippen LogP contribution in [-0.2, 0) is 0 Å². The fourth-order valence-corrected chi connectivity index (χ4v) is 1.12. The molecule has 0 spiro atoms. The van der Waals surface area contributed by atoms with Crippen LogP contribution in [-0.4, -0.2) is 39.9 Å². The fourth-order valence-electron chi connectivity index (χ4n) is 1.12. The van der Waals surface area contributed by atoms with Gasteiger partial charge in [-0.2, -0.15) is 9.35 Å². The number of hydrogen-bond donors (Lipinski definition) is 6. The van der Waals surface area contributed by atoms with E-state index in [2.05, 4.69) is 31.1 Å². The molecule has 2 heterocycles. The van der Waals surface area contributed by atoms with Gasteiger partial charge in [-0.15, -0.1) is 15.3 Å². The SMILES string of the molecule is Nc1nnc(NN(c2nnc(N)n2N)/[N+]([O-])=N\O)n1N. The summed E-state index contributed by atoms with van der Waals surface area (Å²) in [5, 5.41) is 36.8. The van der Waals surface area contributed by atoms with Crippen LogP contribution in [0.3, 0.4) is 0 Å². The lowest BCUT2D eigenvalue weighted by Crippen LogP contribution is -2.41. The highest BCUT2D eigenvalue weighted by atomic mass is 16.6. The lowest BCUT2D eigenvalue weighted by Gasteiger charge is -2.15. The lowest BCUT2D eigenvalue weighted by atomic mass is 10.9. The first-order chi connectivity index (χ1) is 9.45. The van der Waals surface area contributed by atoms with Crippen LogP contribution >= 0.6 is 0 Å². The second-order valence-electron chi connectivity index (χ2n) is 3.25. The number of aromatic nitrogens is 6. The number of anilines is 4. The molecule has 0 aliphatic carbocycles. The molecule has 0 saturated carbocycles. The number of hydrazine groups is 2. The molecule has 2 aromatic rings. The van der Waals surface area contributed by atoms with Crippen molar-refractivity contribution < 1.29 is 10.2 Å². The first kappa shape index (κ1) is 12.7. The smallest absolute Gasteiger partial charge is 0.333 e. The van der Waals surface area contributed by atoms with E-state index in [0.29, 0.717) is 5.12 Å². The molecule has 0 amide bonds. The molecular weight excluding hydrogens is 276 g/mol. The molecule has 0 bridgehead atoms. The summed E-state index contributed by atoms with van der Waals surface area (Å²) < 4.78 is 1.56. The van der Waals surface area contributed by atoms with Gasteiger partial charge >= 0.3 is 5.95 Å². The van der Waals surface area contributed by atoms with Crippen molar-refractivity contribution in [2.75, 3.05) is 33.7 Å². The summed E-state index contributed by atoms with van der Waals surface area (Å²) in [4.78, 5) is -0.322. The van der Waals surface area contributed by atoms with Crippen LogP contribution in [0.1, 0.15) is 0 Å². The molecule has 2 aromatic heterocycles. The van der Waals surface area contributed by atoms with Crippen molar-refractivity contribution in [2.24, 2.45) is 5.28 Å². The third-order valence-electron chi connectivity index (χ3n) is 2.07. The number of nitrogen functional groups attached to an aromatic ring is 4. The number of nitrogens with two attached hydrogens (primary N) is 4. The topological polar surface area (TPSA) is 239 Å². The van der Waals surface area contributed by atoms with Gasteiger partial charge in [0.05, 0.1) is 0 Å². The Morgan fingerprint density at radius 1 is 1.15 bits per heavy atom. The zero-order valence-electron chi connectivity index (χ0n) is 9.69. The van der Waals surface area contributed by atoms with Gasteiger partial charge in [0.15, 0.2) is 0 Å². The van der Waals surface area contributed by atoms with E-state index in [9.17, 15) is 5.21 Å². The fraction of sp³-hybridized carbons (Fsp3) is 0. The molecule has 10 N–H and O–H groups in total. The monoisotopic (exact) mass is 286 g/mol. The molecule has 0 aliphatic heterocycles. The van der Waals surface area contributed by atoms with E-state index < -0.39 is 0 Å². The molecule has 0 aromatic carbocycles. The number of rotatable bonds is 4. The number of nitrogens with one attached hydrogen (secondary N) is 1. The van der Waals surface area contributed by atoms with Crippen LogP contribution in [0.25, 0.3) is 0 Å². The third kappa shape index (κ3) is 1.91. The molecule has 16 nitrogen and oxygen atoms in total. The van der Waals surface area contributed by atoms with Crippen molar-refractivity contribution >= 4 is 23.8 Å². The van der Waals surface area contributed by atoms with E-state index in [1.807, 2.05) is 0 Å². The Labute approximate surface area is 109 Å². The first-order valence-electron chi connectivity index (χ1n) is 4.76. The second kappa shape index (κ2) is 4.51. The Kier molecular flexibility index (Phi) is 2.87. The molecule has 2 rings (SSSR count). The van der Waals surface area contributed by atoms with Gasteiger partial charge in [-0.05, 0) is 0 Å². The van der Waals surface area contributed by atoms with Crippen LogP contribution in [0.15, 0.2) is 5.28 Å². The summed E-state index contributed by atoms with van der Waals surface area (Å²) in [6.07, 6.45) is 0. The van der Waals surface area contributed by atoms with Crippen molar-refractivity contribution in [1.82, 2.24) is 29.7 Å². The maximum Gasteiger partial charge on any atom is 0.333 e. The first-order valence-corrected chi connectivity index (χ1v) is 4.76. The largest absolute Gasteiger partial charge is 0.567 e. The molecule has 16 heteroatoms. The highest BCUT2D eigenvalue weighted by molar-refractivity contribution is 5.42. The summed E-state index contributed by atoms with van der Waals surface area (Å²) in [7, 11) is 0. The Balaban J connectivity index is 2.39. The van der Waals surface area contributed by atoms with E-state index in [1.165, 1.54) is 0 Å². The summed E-state index contributed by atoms with van der Waals surface area (Å²) in [5.41, 5.74) is 13.0. The minimum Gasteiger partial charge on any atom is -0.567 e. The maximum atomic E-state index is 11.5. The van der Waals surface area contributed by atoms with Crippen molar-refractivity contribution in [3.63, 3.8) is 0 Å². The highest BCUT2D eigenvalue weighted by Crippen LogP contribution is 2.13. The summed E-state index contributed by atoms with van der Waals surface area (Å²) in [5.74, 6) is 10.1. The van der Waals surface area contributed by atoms with Gasteiger partial charge in [-0.1, -0.05) is 5.10 Å². The Bertz CT molecular complexity index is 640. The predicted molar refractivity (Wildman–Crippen MR) is 63.1 cm³/mol. The van der Waals surface area contributed by atoms with E-state index in [1.54, 1.807) is 0 Å². The van der Waals surface area contributed by atoms with Crippen LogP contribution < -0.4 is 33.7 Å². The van der Waals surface area contributed by atoms with Gasteiger partial charge in [-0.3, -0.25) is 0 Å². The van der Waals surface area contributed by atoms with Crippen molar-refractivity contribution in [2.45, 2.75) is 0 Å². The molecule has 20 heavy (non-hydrogen) atoms. The minimum atomic E-state index is -0.322. The Morgan fingerprint density at radius 3 is 2.20 bits per heavy atom. The Morgan fingerprint density at radius 2 is 1.75 bits per heavy atom. The normalized spacial score (nSPS) is 11.5. The molecule has 0 unspecified atom stereocenters. The molecule has 0 fully saturated rings. The molecule has 0 aliphatic rings. The highest BCUT2D eigenvalue weighted by Gasteiger charge is 2.26. The van der Waals surface area contributed by atoms with Crippen LogP contribution in [0.4, 0.5) is 23.8 Å². The average molecular weight is 286 g/mol. The number of nitrogens with zero attached hydrogens (tertiary/aromatic N) is 9. The van der Waals surface area contributed by atoms with Crippen LogP contribution in [0.5, 0.6) is 0 Å². The van der Waals surface area contributed by atoms with Gasteiger partial charge in [0, 0.05) is 5.12 Å². The zero-order chi connectivity index (χ0) is 14.9. The zero-order valence-corrected chi connectivity index (χ0v) is 9.69.